The summed E-state index contributed by atoms with van der Waals surface area (Å²) >= 11 is 0. The van der Waals surface area contributed by atoms with Crippen molar-refractivity contribution in [3.8, 4) is 28.0 Å². The van der Waals surface area contributed by atoms with E-state index >= 15 is 0 Å². The quantitative estimate of drug-likeness (QED) is 0.317. The van der Waals surface area contributed by atoms with Gasteiger partial charge in [-0.2, -0.15) is 0 Å². The summed E-state index contributed by atoms with van der Waals surface area (Å²) in [6.07, 6.45) is 0. The van der Waals surface area contributed by atoms with Gasteiger partial charge in [-0.3, -0.25) is 0 Å². The lowest BCUT2D eigenvalue weighted by molar-refractivity contribution is 0.451. The van der Waals surface area contributed by atoms with Gasteiger partial charge in [0.1, 0.15) is 11.3 Å². The Morgan fingerprint density at radius 1 is 0.625 bits per heavy atom. The Bertz CT molecular complexity index is 1590. The number of benzene rings is 5. The van der Waals surface area contributed by atoms with E-state index in [1.807, 2.05) is 36.4 Å². The minimum absolute atomic E-state index is 0.491. The lowest BCUT2D eigenvalue weighted by Gasteiger charge is -2.07. The van der Waals surface area contributed by atoms with Gasteiger partial charge in [-0.25, -0.2) is 0 Å². The van der Waals surface area contributed by atoms with Crippen LogP contribution in [0.4, 0.5) is 0 Å². The summed E-state index contributed by atoms with van der Waals surface area (Å²) in [5, 5.41) is 13.4. The highest BCUT2D eigenvalue weighted by Crippen LogP contribution is 2.41. The first-order chi connectivity index (χ1) is 15.8. The standard InChI is InChI=1S/C28H18BO3/c30-29-32-26-17-22-9-4-5-12-23(22)27-24-16-21(13-14-25(24)31-28(26)27)20-11-6-10-19(15-20)18-7-2-1-3-8-18/h1-17,30H. The van der Waals surface area contributed by atoms with E-state index in [-0.39, 0.29) is 0 Å². The third-order valence-electron chi connectivity index (χ3n) is 5.91. The lowest BCUT2D eigenvalue weighted by atomic mass is 9.97. The minimum atomic E-state index is 0.491. The second kappa shape index (κ2) is 7.59. The Kier molecular flexibility index (Phi) is 4.44. The fourth-order valence-corrected chi connectivity index (χ4v) is 4.43. The molecule has 3 nitrogen and oxygen atoms in total. The van der Waals surface area contributed by atoms with E-state index in [4.69, 9.17) is 9.07 Å². The Balaban J connectivity index is 1.59. The van der Waals surface area contributed by atoms with Crippen molar-refractivity contribution in [3.05, 3.63) is 103 Å². The van der Waals surface area contributed by atoms with Crippen LogP contribution < -0.4 is 4.65 Å². The fourth-order valence-electron chi connectivity index (χ4n) is 4.43. The van der Waals surface area contributed by atoms with Crippen molar-refractivity contribution >= 4 is 40.4 Å². The Labute approximate surface area is 185 Å². The van der Waals surface area contributed by atoms with Crippen molar-refractivity contribution in [2.75, 3.05) is 0 Å². The van der Waals surface area contributed by atoms with Gasteiger partial charge in [0.25, 0.3) is 0 Å². The highest BCUT2D eigenvalue weighted by molar-refractivity contribution is 6.23. The molecule has 1 heterocycles. The molecule has 0 fully saturated rings. The van der Waals surface area contributed by atoms with Gasteiger partial charge in [-0.15, -0.1) is 0 Å². The topological polar surface area (TPSA) is 42.6 Å². The van der Waals surface area contributed by atoms with Crippen molar-refractivity contribution in [1.82, 2.24) is 0 Å². The molecule has 32 heavy (non-hydrogen) atoms. The summed E-state index contributed by atoms with van der Waals surface area (Å²) in [7, 11) is 0.692. The molecule has 1 radical (unpaired) electrons. The van der Waals surface area contributed by atoms with Crippen LogP contribution in [0, 0.1) is 0 Å². The maximum atomic E-state index is 9.25. The molecular weight excluding hydrogens is 395 g/mol. The van der Waals surface area contributed by atoms with Crippen LogP contribution in [0.25, 0.3) is 55.0 Å². The normalized spacial score (nSPS) is 11.3. The van der Waals surface area contributed by atoms with Gasteiger partial charge in [0, 0.05) is 10.8 Å². The van der Waals surface area contributed by atoms with Crippen LogP contribution in [0.2, 0.25) is 0 Å². The van der Waals surface area contributed by atoms with Crippen molar-refractivity contribution in [3.63, 3.8) is 0 Å². The third kappa shape index (κ3) is 3.05. The van der Waals surface area contributed by atoms with Crippen LogP contribution in [0.15, 0.2) is 108 Å². The molecule has 6 aromatic rings. The van der Waals surface area contributed by atoms with Gasteiger partial charge in [0.15, 0.2) is 5.58 Å². The van der Waals surface area contributed by atoms with Crippen molar-refractivity contribution < 1.29 is 14.1 Å². The van der Waals surface area contributed by atoms with E-state index in [2.05, 4.69) is 66.7 Å². The van der Waals surface area contributed by atoms with E-state index < -0.39 is 0 Å². The highest BCUT2D eigenvalue weighted by atomic mass is 16.5. The maximum Gasteiger partial charge on any atom is 0.569 e. The molecule has 0 bridgehead atoms. The number of rotatable bonds is 4. The Morgan fingerprint density at radius 3 is 2.19 bits per heavy atom. The van der Waals surface area contributed by atoms with E-state index in [1.54, 1.807) is 0 Å². The monoisotopic (exact) mass is 413 g/mol. The van der Waals surface area contributed by atoms with E-state index in [0.29, 0.717) is 19.0 Å². The summed E-state index contributed by atoms with van der Waals surface area (Å²) in [5.74, 6) is 0.491. The molecule has 0 unspecified atom stereocenters. The summed E-state index contributed by atoms with van der Waals surface area (Å²) in [4.78, 5) is 0. The maximum absolute atomic E-state index is 9.25. The predicted octanol–water partition coefficient (Wildman–Crippen LogP) is 6.98. The van der Waals surface area contributed by atoms with Gasteiger partial charge in [0.05, 0.1) is 0 Å². The van der Waals surface area contributed by atoms with Crippen LogP contribution in [-0.2, 0) is 0 Å². The highest BCUT2D eigenvalue weighted by Gasteiger charge is 2.17. The molecule has 6 rings (SSSR count). The molecule has 0 aliphatic heterocycles. The molecule has 4 heteroatoms. The molecule has 0 spiro atoms. The van der Waals surface area contributed by atoms with Crippen molar-refractivity contribution in [2.45, 2.75) is 0 Å². The number of hydrogen-bond donors (Lipinski definition) is 1. The average Bonchev–Trinajstić information content (AvgIpc) is 3.24. The second-order valence-electron chi connectivity index (χ2n) is 7.78. The molecular formula is C28H18BO3. The zero-order valence-corrected chi connectivity index (χ0v) is 17.2. The molecule has 0 saturated heterocycles. The summed E-state index contributed by atoms with van der Waals surface area (Å²) < 4.78 is 11.5. The molecule has 1 N–H and O–H groups in total. The Morgan fingerprint density at radius 2 is 1.34 bits per heavy atom. The zero-order chi connectivity index (χ0) is 21.5. The summed E-state index contributed by atoms with van der Waals surface area (Å²) in [6, 6.07) is 35.2. The van der Waals surface area contributed by atoms with Gasteiger partial charge in [-0.05, 0) is 57.3 Å². The first-order valence-electron chi connectivity index (χ1n) is 10.5. The van der Waals surface area contributed by atoms with E-state index in [0.717, 1.165) is 38.3 Å². The SMILES string of the molecule is O[B]Oc1cc2ccccc2c2c1oc1ccc(-c3cccc(-c4ccccc4)c3)cc12. The molecule has 5 aromatic carbocycles. The lowest BCUT2D eigenvalue weighted by Crippen LogP contribution is -1.99. The minimum Gasteiger partial charge on any atom is -0.535 e. The first kappa shape index (κ1) is 18.7. The van der Waals surface area contributed by atoms with Crippen molar-refractivity contribution in [2.24, 2.45) is 0 Å². The molecule has 0 saturated carbocycles. The zero-order valence-electron chi connectivity index (χ0n) is 17.2. The molecule has 0 amide bonds. The average molecular weight is 413 g/mol. The fraction of sp³-hybridized carbons (Fsp3) is 0. The van der Waals surface area contributed by atoms with Gasteiger partial charge >= 0.3 is 7.69 Å². The van der Waals surface area contributed by atoms with Crippen LogP contribution >= 0.6 is 0 Å². The first-order valence-corrected chi connectivity index (χ1v) is 10.5. The second-order valence-corrected chi connectivity index (χ2v) is 7.78. The molecule has 0 aliphatic carbocycles. The largest absolute Gasteiger partial charge is 0.569 e. The van der Waals surface area contributed by atoms with Crippen LogP contribution in [0.5, 0.6) is 5.75 Å². The van der Waals surface area contributed by atoms with Gasteiger partial charge < -0.3 is 14.1 Å². The number of furan rings is 1. The molecule has 0 aliphatic rings. The number of hydrogen-bond acceptors (Lipinski definition) is 3. The van der Waals surface area contributed by atoms with Gasteiger partial charge in [0.2, 0.25) is 0 Å². The molecule has 0 atom stereocenters. The van der Waals surface area contributed by atoms with Crippen LogP contribution in [-0.4, -0.2) is 12.7 Å². The molecule has 151 valence electrons. The van der Waals surface area contributed by atoms with Crippen LogP contribution in [0.3, 0.4) is 0 Å². The van der Waals surface area contributed by atoms with Gasteiger partial charge in [-0.1, -0.05) is 78.9 Å². The third-order valence-corrected chi connectivity index (χ3v) is 5.91. The smallest absolute Gasteiger partial charge is 0.535 e. The predicted molar refractivity (Wildman–Crippen MR) is 131 cm³/mol. The Hall–Kier alpha value is -4.02. The van der Waals surface area contributed by atoms with E-state index in [1.165, 1.54) is 11.1 Å². The summed E-state index contributed by atoms with van der Waals surface area (Å²) in [6.45, 7) is 0. The van der Waals surface area contributed by atoms with Crippen LogP contribution in [0.1, 0.15) is 0 Å². The van der Waals surface area contributed by atoms with Crippen molar-refractivity contribution in [1.29, 1.82) is 0 Å². The van der Waals surface area contributed by atoms with E-state index in [9.17, 15) is 5.02 Å². The number of fused-ring (bicyclic) bond motifs is 5. The summed E-state index contributed by atoms with van der Waals surface area (Å²) in [5.41, 5.74) is 6.03. The molecule has 1 aromatic heterocycles.